The molecule has 0 amide bonds. The number of hydrogen-bond acceptors (Lipinski definition) is 4. The standard InChI is InChI=1S/C14H22N2O3/c1-15(2)8-5-9-16(3)13-10-11(19-4)6-7-12(13)14(17)18/h6-7,10H,5,8-9H2,1-4H3,(H,17,18). The fraction of sp³-hybridized carbons (Fsp3) is 0.500. The summed E-state index contributed by atoms with van der Waals surface area (Å²) in [6.07, 6.45) is 0.972. The first-order chi connectivity index (χ1) is 8.95. The molecule has 1 aromatic carbocycles. The van der Waals surface area contributed by atoms with Crippen molar-refractivity contribution < 1.29 is 14.6 Å². The van der Waals surface area contributed by atoms with E-state index in [9.17, 15) is 9.90 Å². The molecule has 0 fully saturated rings. The van der Waals surface area contributed by atoms with Crippen LogP contribution in [0.25, 0.3) is 0 Å². The zero-order valence-corrected chi connectivity index (χ0v) is 12.0. The van der Waals surface area contributed by atoms with E-state index < -0.39 is 5.97 Å². The van der Waals surface area contributed by atoms with Gasteiger partial charge < -0.3 is 19.6 Å². The van der Waals surface area contributed by atoms with Crippen molar-refractivity contribution in [3.63, 3.8) is 0 Å². The van der Waals surface area contributed by atoms with Gasteiger partial charge in [0.25, 0.3) is 0 Å². The van der Waals surface area contributed by atoms with Crippen molar-refractivity contribution in [1.82, 2.24) is 4.90 Å². The molecule has 0 aliphatic carbocycles. The van der Waals surface area contributed by atoms with Crippen molar-refractivity contribution in [2.24, 2.45) is 0 Å². The molecule has 0 spiro atoms. The second-order valence-corrected chi connectivity index (χ2v) is 4.77. The molecular formula is C14H22N2O3. The zero-order chi connectivity index (χ0) is 14.4. The molecule has 0 aromatic heterocycles. The monoisotopic (exact) mass is 266 g/mol. The van der Waals surface area contributed by atoms with Gasteiger partial charge in [-0.2, -0.15) is 0 Å². The minimum atomic E-state index is -0.919. The highest BCUT2D eigenvalue weighted by molar-refractivity contribution is 5.94. The number of carbonyl (C=O) groups is 1. The summed E-state index contributed by atoms with van der Waals surface area (Å²) in [7, 11) is 7.52. The van der Waals surface area contributed by atoms with Crippen molar-refractivity contribution in [3.05, 3.63) is 23.8 Å². The minimum absolute atomic E-state index is 0.299. The predicted molar refractivity (Wildman–Crippen MR) is 76.4 cm³/mol. The maximum atomic E-state index is 11.2. The van der Waals surface area contributed by atoms with Crippen molar-refractivity contribution >= 4 is 11.7 Å². The first kappa shape index (κ1) is 15.3. The van der Waals surface area contributed by atoms with E-state index in [4.69, 9.17) is 4.74 Å². The van der Waals surface area contributed by atoms with Crippen LogP contribution in [-0.4, -0.2) is 57.3 Å². The first-order valence-corrected chi connectivity index (χ1v) is 6.23. The summed E-state index contributed by atoms with van der Waals surface area (Å²) >= 11 is 0. The molecule has 0 aliphatic heterocycles. The molecule has 0 heterocycles. The number of rotatable bonds is 7. The molecule has 0 saturated carbocycles. The fourth-order valence-electron chi connectivity index (χ4n) is 1.88. The highest BCUT2D eigenvalue weighted by Gasteiger charge is 2.14. The van der Waals surface area contributed by atoms with E-state index in [2.05, 4.69) is 4.90 Å². The van der Waals surface area contributed by atoms with Crippen LogP contribution in [0.1, 0.15) is 16.8 Å². The van der Waals surface area contributed by atoms with Crippen molar-refractivity contribution in [2.75, 3.05) is 46.2 Å². The summed E-state index contributed by atoms with van der Waals surface area (Å²) in [6.45, 7) is 1.77. The topological polar surface area (TPSA) is 53.0 Å². The van der Waals surface area contributed by atoms with E-state index in [1.165, 1.54) is 0 Å². The summed E-state index contributed by atoms with van der Waals surface area (Å²) in [5, 5.41) is 9.22. The van der Waals surface area contributed by atoms with Gasteiger partial charge in [0.1, 0.15) is 5.75 Å². The second-order valence-electron chi connectivity index (χ2n) is 4.77. The van der Waals surface area contributed by atoms with Gasteiger partial charge in [-0.1, -0.05) is 0 Å². The average Bonchev–Trinajstić information content (AvgIpc) is 2.37. The number of carboxylic acid groups (broad SMARTS) is 1. The van der Waals surface area contributed by atoms with Gasteiger partial charge in [0, 0.05) is 19.7 Å². The van der Waals surface area contributed by atoms with E-state index in [0.29, 0.717) is 17.0 Å². The van der Waals surface area contributed by atoms with E-state index in [1.807, 2.05) is 26.0 Å². The van der Waals surface area contributed by atoms with E-state index in [0.717, 1.165) is 19.5 Å². The van der Waals surface area contributed by atoms with Gasteiger partial charge in [-0.25, -0.2) is 4.79 Å². The number of hydrogen-bond donors (Lipinski definition) is 1. The zero-order valence-electron chi connectivity index (χ0n) is 12.0. The fourth-order valence-corrected chi connectivity index (χ4v) is 1.88. The van der Waals surface area contributed by atoms with Crippen molar-refractivity contribution in [2.45, 2.75) is 6.42 Å². The SMILES string of the molecule is COc1ccc(C(=O)O)c(N(C)CCCN(C)C)c1. The Hall–Kier alpha value is -1.75. The second kappa shape index (κ2) is 6.99. The van der Waals surface area contributed by atoms with Gasteiger partial charge in [-0.3, -0.25) is 0 Å². The van der Waals surface area contributed by atoms with Gasteiger partial charge in [0.2, 0.25) is 0 Å². The summed E-state index contributed by atoms with van der Waals surface area (Å²) in [5.41, 5.74) is 0.985. The van der Waals surface area contributed by atoms with E-state index in [1.54, 1.807) is 25.3 Å². The lowest BCUT2D eigenvalue weighted by Gasteiger charge is -2.22. The van der Waals surface area contributed by atoms with Gasteiger partial charge >= 0.3 is 5.97 Å². The lowest BCUT2D eigenvalue weighted by molar-refractivity contribution is 0.0697. The normalized spacial score (nSPS) is 10.6. The molecule has 0 aliphatic rings. The van der Waals surface area contributed by atoms with Crippen LogP contribution in [0, 0.1) is 0 Å². The lowest BCUT2D eigenvalue weighted by Crippen LogP contribution is -2.24. The molecule has 0 saturated heterocycles. The molecule has 1 aromatic rings. The minimum Gasteiger partial charge on any atom is -0.497 e. The molecule has 0 radical (unpaired) electrons. The number of ether oxygens (including phenoxy) is 1. The maximum Gasteiger partial charge on any atom is 0.337 e. The summed E-state index contributed by atoms with van der Waals surface area (Å²) in [4.78, 5) is 15.3. The Morgan fingerprint density at radius 1 is 1.26 bits per heavy atom. The largest absolute Gasteiger partial charge is 0.497 e. The number of nitrogens with zero attached hydrogens (tertiary/aromatic N) is 2. The van der Waals surface area contributed by atoms with Crippen LogP contribution < -0.4 is 9.64 Å². The number of aromatic carboxylic acids is 1. The number of benzene rings is 1. The Morgan fingerprint density at radius 3 is 2.47 bits per heavy atom. The van der Waals surface area contributed by atoms with Gasteiger partial charge in [0.05, 0.1) is 18.4 Å². The smallest absolute Gasteiger partial charge is 0.337 e. The maximum absolute atomic E-state index is 11.2. The van der Waals surface area contributed by atoms with Crippen LogP contribution in [0.5, 0.6) is 5.75 Å². The molecule has 19 heavy (non-hydrogen) atoms. The Kier molecular flexibility index (Phi) is 5.63. The average molecular weight is 266 g/mol. The van der Waals surface area contributed by atoms with Crippen molar-refractivity contribution in [1.29, 1.82) is 0 Å². The molecule has 0 atom stereocenters. The van der Waals surface area contributed by atoms with Crippen LogP contribution in [0.3, 0.4) is 0 Å². The Labute approximate surface area is 114 Å². The molecule has 0 bridgehead atoms. The first-order valence-electron chi connectivity index (χ1n) is 6.23. The molecule has 106 valence electrons. The molecular weight excluding hydrogens is 244 g/mol. The third-order valence-corrected chi connectivity index (χ3v) is 2.95. The highest BCUT2D eigenvalue weighted by atomic mass is 16.5. The molecule has 0 unspecified atom stereocenters. The van der Waals surface area contributed by atoms with E-state index in [-0.39, 0.29) is 0 Å². The molecule has 5 nitrogen and oxygen atoms in total. The third kappa shape index (κ3) is 4.44. The Morgan fingerprint density at radius 2 is 1.95 bits per heavy atom. The highest BCUT2D eigenvalue weighted by Crippen LogP contribution is 2.25. The Bertz CT molecular complexity index is 433. The summed E-state index contributed by atoms with van der Waals surface area (Å²) < 4.78 is 5.15. The van der Waals surface area contributed by atoms with Crippen LogP contribution in [0.15, 0.2) is 18.2 Å². The lowest BCUT2D eigenvalue weighted by atomic mass is 10.1. The van der Waals surface area contributed by atoms with E-state index >= 15 is 0 Å². The summed E-state index contributed by atoms with van der Waals surface area (Å²) in [6, 6.07) is 5.01. The molecule has 5 heteroatoms. The molecule has 1 N–H and O–H groups in total. The van der Waals surface area contributed by atoms with Gasteiger partial charge in [0.15, 0.2) is 0 Å². The quantitative estimate of drug-likeness (QED) is 0.815. The van der Waals surface area contributed by atoms with Crippen molar-refractivity contribution in [3.8, 4) is 5.75 Å². The van der Waals surface area contributed by atoms with Crippen LogP contribution in [0.2, 0.25) is 0 Å². The number of methoxy groups -OCH3 is 1. The van der Waals surface area contributed by atoms with Crippen LogP contribution in [0.4, 0.5) is 5.69 Å². The summed E-state index contributed by atoms with van der Waals surface area (Å²) in [5.74, 6) is -0.253. The van der Waals surface area contributed by atoms with Crippen LogP contribution >= 0.6 is 0 Å². The van der Waals surface area contributed by atoms with Gasteiger partial charge in [-0.15, -0.1) is 0 Å². The Balaban J connectivity index is 2.86. The number of anilines is 1. The van der Waals surface area contributed by atoms with Gasteiger partial charge in [-0.05, 0) is 39.2 Å². The predicted octanol–water partition coefficient (Wildman–Crippen LogP) is 1.78. The number of carboxylic acids is 1. The third-order valence-electron chi connectivity index (χ3n) is 2.95. The van der Waals surface area contributed by atoms with Crippen LogP contribution in [-0.2, 0) is 0 Å². The molecule has 1 rings (SSSR count).